The number of carbonyl (C=O) groups excluding carboxylic acids is 2. The van der Waals surface area contributed by atoms with Crippen LogP contribution in [0.4, 0.5) is 0 Å². The van der Waals surface area contributed by atoms with E-state index in [1.54, 1.807) is 14.0 Å². The summed E-state index contributed by atoms with van der Waals surface area (Å²) < 4.78 is 12.3. The fourth-order valence-corrected chi connectivity index (χ4v) is 6.33. The number of ether oxygens (including phenoxy) is 2. The summed E-state index contributed by atoms with van der Waals surface area (Å²) in [5, 5.41) is 1.32. The van der Waals surface area contributed by atoms with Crippen LogP contribution in [0.3, 0.4) is 0 Å². The smallest absolute Gasteiger partial charge is 0.248 e. The molecule has 0 aromatic rings. The SMILES string of the molecule is C=C1C[C@H](CCCC)OC1CC[C@@H](C)CC(C)C(=O)N(C)OC.C=C1C[C@H](CCCC)OC1CC[C@@H](C)C[C@@H](C)C(C)=O. The number of ketones is 1. The molecule has 6 nitrogen and oxygen atoms in total. The lowest BCUT2D eigenvalue weighted by Crippen LogP contribution is -2.31. The molecule has 8 atom stereocenters. The van der Waals surface area contributed by atoms with Crippen molar-refractivity contribution >= 4 is 11.7 Å². The van der Waals surface area contributed by atoms with E-state index in [1.807, 2.05) is 13.8 Å². The van der Waals surface area contributed by atoms with Crippen molar-refractivity contribution < 1.29 is 23.9 Å². The predicted octanol–water partition coefficient (Wildman–Crippen LogP) is 9.27. The Labute approximate surface area is 265 Å². The second-order valence-electron chi connectivity index (χ2n) is 13.8. The molecule has 3 unspecified atom stereocenters. The number of nitrogens with zero attached hydrogens (tertiary/aromatic N) is 1. The molecule has 0 bridgehead atoms. The van der Waals surface area contributed by atoms with Gasteiger partial charge in [-0.3, -0.25) is 14.4 Å². The fourth-order valence-electron chi connectivity index (χ4n) is 6.33. The lowest BCUT2D eigenvalue weighted by atomic mass is 9.90. The molecule has 1 amide bonds. The molecule has 2 saturated heterocycles. The van der Waals surface area contributed by atoms with Crippen LogP contribution < -0.4 is 0 Å². The van der Waals surface area contributed by atoms with Crippen LogP contribution in [0.15, 0.2) is 24.3 Å². The highest BCUT2D eigenvalue weighted by Gasteiger charge is 2.30. The van der Waals surface area contributed by atoms with Crippen LogP contribution in [-0.2, 0) is 23.9 Å². The fraction of sp³-hybridized carbons (Fsp3) is 0.838. The van der Waals surface area contributed by atoms with Crippen LogP contribution in [0.5, 0.6) is 0 Å². The summed E-state index contributed by atoms with van der Waals surface area (Å²) in [5.41, 5.74) is 2.53. The van der Waals surface area contributed by atoms with E-state index >= 15 is 0 Å². The molecule has 43 heavy (non-hydrogen) atoms. The van der Waals surface area contributed by atoms with E-state index in [1.165, 1.54) is 55.4 Å². The summed E-state index contributed by atoms with van der Waals surface area (Å²) >= 11 is 0. The molecular formula is C37H67NO5. The minimum atomic E-state index is -0.0139. The highest BCUT2D eigenvalue weighted by atomic mass is 16.7. The first-order chi connectivity index (χ1) is 20.3. The van der Waals surface area contributed by atoms with Gasteiger partial charge in [0.05, 0.1) is 31.5 Å². The van der Waals surface area contributed by atoms with Crippen LogP contribution in [0.25, 0.3) is 0 Å². The highest BCUT2D eigenvalue weighted by molar-refractivity contribution is 5.77. The molecule has 0 aromatic heterocycles. The summed E-state index contributed by atoms with van der Waals surface area (Å²) in [7, 11) is 3.18. The number of Topliss-reactive ketones (excluding diaryl/α,β-unsaturated/α-hetero) is 1. The third-order valence-electron chi connectivity index (χ3n) is 9.42. The molecule has 0 spiro atoms. The largest absolute Gasteiger partial charge is 0.370 e. The molecule has 2 fully saturated rings. The zero-order chi connectivity index (χ0) is 32.5. The van der Waals surface area contributed by atoms with Crippen molar-refractivity contribution in [1.82, 2.24) is 5.06 Å². The Hall–Kier alpha value is -1.50. The monoisotopic (exact) mass is 606 g/mol. The highest BCUT2D eigenvalue weighted by Crippen LogP contribution is 2.33. The van der Waals surface area contributed by atoms with E-state index in [4.69, 9.17) is 14.3 Å². The molecule has 0 N–H and O–H groups in total. The van der Waals surface area contributed by atoms with Crippen molar-refractivity contribution in [2.24, 2.45) is 23.7 Å². The van der Waals surface area contributed by atoms with Gasteiger partial charge in [-0.2, -0.15) is 0 Å². The van der Waals surface area contributed by atoms with Crippen molar-refractivity contribution in [3.8, 4) is 0 Å². The number of carbonyl (C=O) groups is 2. The van der Waals surface area contributed by atoms with E-state index in [0.717, 1.165) is 57.8 Å². The lowest BCUT2D eigenvalue weighted by Gasteiger charge is -2.22. The maximum absolute atomic E-state index is 12.0. The van der Waals surface area contributed by atoms with Crippen molar-refractivity contribution in [3.63, 3.8) is 0 Å². The summed E-state index contributed by atoms with van der Waals surface area (Å²) in [5.74, 6) is 1.60. The molecule has 0 radical (unpaired) electrons. The molecule has 2 rings (SSSR count). The second-order valence-corrected chi connectivity index (χ2v) is 13.8. The molecule has 0 aromatic carbocycles. The first-order valence-electron chi connectivity index (χ1n) is 17.3. The van der Waals surface area contributed by atoms with Gasteiger partial charge >= 0.3 is 0 Å². The van der Waals surface area contributed by atoms with Gasteiger partial charge in [0.15, 0.2) is 0 Å². The molecule has 0 aliphatic carbocycles. The average Bonchev–Trinajstić information content (AvgIpc) is 3.52. The number of rotatable bonds is 19. The maximum atomic E-state index is 12.0. The van der Waals surface area contributed by atoms with Crippen LogP contribution in [-0.4, -0.2) is 55.3 Å². The van der Waals surface area contributed by atoms with Gasteiger partial charge in [0.25, 0.3) is 0 Å². The molecule has 0 saturated carbocycles. The lowest BCUT2D eigenvalue weighted by molar-refractivity contribution is -0.173. The van der Waals surface area contributed by atoms with E-state index in [0.29, 0.717) is 29.8 Å². The molecule has 250 valence electrons. The van der Waals surface area contributed by atoms with Gasteiger partial charge in [0, 0.05) is 18.9 Å². The first-order valence-corrected chi connectivity index (χ1v) is 17.3. The van der Waals surface area contributed by atoms with Crippen LogP contribution in [0.2, 0.25) is 0 Å². The Morgan fingerprint density at radius 2 is 1.23 bits per heavy atom. The topological polar surface area (TPSA) is 65.1 Å². The molecular weight excluding hydrogens is 538 g/mol. The van der Waals surface area contributed by atoms with Gasteiger partial charge in [-0.25, -0.2) is 5.06 Å². The van der Waals surface area contributed by atoms with E-state index in [-0.39, 0.29) is 30.0 Å². The van der Waals surface area contributed by atoms with Crippen LogP contribution >= 0.6 is 0 Å². The molecule has 2 heterocycles. The Kier molecular flexibility index (Phi) is 19.6. The number of unbranched alkanes of at least 4 members (excludes halogenated alkanes) is 2. The zero-order valence-electron chi connectivity index (χ0n) is 29.4. The van der Waals surface area contributed by atoms with Crippen molar-refractivity contribution in [2.45, 2.75) is 163 Å². The Bertz CT molecular complexity index is 841. The van der Waals surface area contributed by atoms with Crippen LogP contribution in [0.1, 0.15) is 138 Å². The average molecular weight is 606 g/mol. The summed E-state index contributed by atoms with van der Waals surface area (Å²) in [4.78, 5) is 28.3. The van der Waals surface area contributed by atoms with Gasteiger partial charge in [-0.1, -0.05) is 80.4 Å². The normalized spacial score (nSPS) is 24.7. The standard InChI is InChI=1S/C19H35NO3.C18H32O2/c1-7-8-9-17-13-15(3)18(23-17)11-10-14(2)12-16(4)19(21)20(5)22-6;1-6-7-8-17-12-15(4)18(20-17)10-9-13(2)11-14(3)16(5)19/h14,16-18H,3,7-13H2,1-2,4-6H3;13-14,17-18H,4,6-12H2,1-3,5H3/t14-,16?,17+,18?;13-,14-,17+,18?/m11/s1. The Balaban J connectivity index is 0.000000434. The van der Waals surface area contributed by atoms with E-state index in [2.05, 4.69) is 40.9 Å². The van der Waals surface area contributed by atoms with Crippen molar-refractivity contribution in [1.29, 1.82) is 0 Å². The van der Waals surface area contributed by atoms with Gasteiger partial charge < -0.3 is 9.47 Å². The number of hydrogen-bond acceptors (Lipinski definition) is 5. The van der Waals surface area contributed by atoms with Gasteiger partial charge in [0.1, 0.15) is 5.78 Å². The van der Waals surface area contributed by atoms with Gasteiger partial charge in [-0.05, 0) is 94.1 Å². The van der Waals surface area contributed by atoms with Gasteiger partial charge in [0.2, 0.25) is 5.91 Å². The van der Waals surface area contributed by atoms with Crippen molar-refractivity contribution in [2.75, 3.05) is 14.2 Å². The van der Waals surface area contributed by atoms with Crippen molar-refractivity contribution in [3.05, 3.63) is 24.3 Å². The summed E-state index contributed by atoms with van der Waals surface area (Å²) in [6, 6.07) is 0. The molecule has 2 aliphatic heterocycles. The Morgan fingerprint density at radius 3 is 1.60 bits per heavy atom. The third-order valence-corrected chi connectivity index (χ3v) is 9.42. The number of amides is 1. The quantitative estimate of drug-likeness (QED) is 0.108. The zero-order valence-corrected chi connectivity index (χ0v) is 29.4. The summed E-state index contributed by atoms with van der Waals surface area (Å²) in [6.07, 6.45) is 16.7. The number of hydroxylamine groups is 2. The number of hydrogen-bond donors (Lipinski definition) is 0. The molecule has 6 heteroatoms. The predicted molar refractivity (Wildman–Crippen MR) is 179 cm³/mol. The minimum absolute atomic E-state index is 0.0139. The molecule has 2 aliphatic rings. The maximum Gasteiger partial charge on any atom is 0.248 e. The second kappa shape index (κ2) is 21.3. The Morgan fingerprint density at radius 1 is 0.814 bits per heavy atom. The van der Waals surface area contributed by atoms with E-state index < -0.39 is 0 Å². The van der Waals surface area contributed by atoms with E-state index in [9.17, 15) is 9.59 Å². The minimum Gasteiger partial charge on any atom is -0.370 e. The van der Waals surface area contributed by atoms with Gasteiger partial charge in [-0.15, -0.1) is 0 Å². The first kappa shape index (κ1) is 39.5. The van der Waals surface area contributed by atoms with Crippen LogP contribution in [0, 0.1) is 23.7 Å². The third kappa shape index (κ3) is 15.4. The summed E-state index contributed by atoms with van der Waals surface area (Å²) in [6.45, 7) is 23.0.